The molecule has 0 heterocycles. The normalized spacial score (nSPS) is 28.8. The molecule has 2 fully saturated rings. The van der Waals surface area contributed by atoms with Crippen LogP contribution in [0.3, 0.4) is 0 Å². The summed E-state index contributed by atoms with van der Waals surface area (Å²) in [5.41, 5.74) is 1.23. The van der Waals surface area contributed by atoms with E-state index in [0.717, 1.165) is 5.92 Å². The highest BCUT2D eigenvalue weighted by molar-refractivity contribution is 5.76. The van der Waals surface area contributed by atoms with Crippen molar-refractivity contribution in [2.45, 2.75) is 77.2 Å². The molecule has 2 nitrogen and oxygen atoms in total. The van der Waals surface area contributed by atoms with Gasteiger partial charge in [-0.3, -0.25) is 0 Å². The van der Waals surface area contributed by atoms with E-state index in [0.29, 0.717) is 12.0 Å². The van der Waals surface area contributed by atoms with Crippen LogP contribution in [0.2, 0.25) is 0 Å². The fourth-order valence-electron chi connectivity index (χ4n) is 3.53. The molecule has 0 aliphatic heterocycles. The Balaban J connectivity index is 1.70. The highest BCUT2D eigenvalue weighted by Gasteiger charge is 2.27. The van der Waals surface area contributed by atoms with Crippen molar-refractivity contribution in [2.75, 3.05) is 0 Å². The number of unbranched alkanes of at least 4 members (excludes halogenated alkanes) is 1. The van der Waals surface area contributed by atoms with Gasteiger partial charge in [0.05, 0.1) is 0 Å². The van der Waals surface area contributed by atoms with Crippen molar-refractivity contribution in [2.24, 2.45) is 11.8 Å². The van der Waals surface area contributed by atoms with Crippen LogP contribution in [0.4, 0.5) is 0 Å². The SMILES string of the molecule is CCCCC1CC(N/C=C(\C=N)C2CCCCC2)C1. The molecule has 0 unspecified atom stereocenters. The van der Waals surface area contributed by atoms with Gasteiger partial charge in [0.2, 0.25) is 0 Å². The third kappa shape index (κ3) is 4.36. The van der Waals surface area contributed by atoms with Crippen molar-refractivity contribution >= 4 is 6.21 Å². The van der Waals surface area contributed by atoms with Crippen molar-refractivity contribution in [1.29, 1.82) is 5.41 Å². The van der Waals surface area contributed by atoms with E-state index in [1.807, 2.05) is 0 Å². The van der Waals surface area contributed by atoms with E-state index in [2.05, 4.69) is 18.4 Å². The summed E-state index contributed by atoms with van der Waals surface area (Å²) in [6.07, 6.45) is 17.2. The number of rotatable bonds is 7. The van der Waals surface area contributed by atoms with Crippen LogP contribution in [0.25, 0.3) is 0 Å². The van der Waals surface area contributed by atoms with Gasteiger partial charge < -0.3 is 10.7 Å². The Morgan fingerprint density at radius 3 is 2.58 bits per heavy atom. The molecule has 2 rings (SSSR count). The molecular weight excluding hydrogens is 232 g/mol. The van der Waals surface area contributed by atoms with Crippen molar-refractivity contribution in [3.05, 3.63) is 11.8 Å². The lowest BCUT2D eigenvalue weighted by atomic mass is 9.77. The van der Waals surface area contributed by atoms with Gasteiger partial charge in [-0.25, -0.2) is 0 Å². The zero-order valence-corrected chi connectivity index (χ0v) is 12.5. The molecule has 2 aliphatic rings. The largest absolute Gasteiger partial charge is 0.388 e. The first-order valence-corrected chi connectivity index (χ1v) is 8.30. The Kier molecular flexibility index (Phi) is 5.93. The Morgan fingerprint density at radius 1 is 1.21 bits per heavy atom. The number of allylic oxidation sites excluding steroid dienone is 1. The predicted octanol–water partition coefficient (Wildman–Crippen LogP) is 4.66. The molecule has 0 spiro atoms. The Morgan fingerprint density at radius 2 is 1.95 bits per heavy atom. The predicted molar refractivity (Wildman–Crippen MR) is 82.6 cm³/mol. The molecule has 0 aromatic rings. The molecule has 0 bridgehead atoms. The topological polar surface area (TPSA) is 35.9 Å². The standard InChI is InChI=1S/C17H30N2/c1-2-3-7-14-10-17(11-14)19-13-16(12-18)15-8-5-4-6-9-15/h12-15,17-19H,2-11H2,1H3/b16-13+,18-12?. The van der Waals surface area contributed by atoms with Crippen molar-refractivity contribution in [3.63, 3.8) is 0 Å². The van der Waals surface area contributed by atoms with Crippen molar-refractivity contribution in [3.8, 4) is 0 Å². The van der Waals surface area contributed by atoms with Crippen molar-refractivity contribution < 1.29 is 0 Å². The summed E-state index contributed by atoms with van der Waals surface area (Å²) < 4.78 is 0. The summed E-state index contributed by atoms with van der Waals surface area (Å²) in [5, 5.41) is 11.2. The minimum atomic E-state index is 0.648. The van der Waals surface area contributed by atoms with Crippen LogP contribution in [0.15, 0.2) is 11.8 Å². The third-order valence-corrected chi connectivity index (χ3v) is 4.93. The molecule has 0 atom stereocenters. The van der Waals surface area contributed by atoms with E-state index in [1.165, 1.54) is 69.8 Å². The molecule has 2 saturated carbocycles. The number of hydrogen-bond donors (Lipinski definition) is 2. The van der Waals surface area contributed by atoms with Crippen LogP contribution in [0, 0.1) is 17.2 Å². The quantitative estimate of drug-likeness (QED) is 0.643. The highest BCUT2D eigenvalue weighted by Crippen LogP contribution is 2.32. The van der Waals surface area contributed by atoms with Crippen molar-refractivity contribution in [1.82, 2.24) is 5.32 Å². The summed E-state index contributed by atoms with van der Waals surface area (Å²) >= 11 is 0. The lowest BCUT2D eigenvalue weighted by Crippen LogP contribution is -2.38. The second-order valence-corrected chi connectivity index (χ2v) is 6.47. The van der Waals surface area contributed by atoms with E-state index in [-0.39, 0.29) is 0 Å². The van der Waals surface area contributed by atoms with Gasteiger partial charge in [0.1, 0.15) is 0 Å². The van der Waals surface area contributed by atoms with E-state index in [1.54, 1.807) is 6.21 Å². The summed E-state index contributed by atoms with van der Waals surface area (Å²) in [6.45, 7) is 2.28. The maximum Gasteiger partial charge on any atom is 0.0261 e. The average Bonchev–Trinajstić information content (AvgIpc) is 2.41. The third-order valence-electron chi connectivity index (χ3n) is 4.93. The minimum Gasteiger partial charge on any atom is -0.388 e. The van der Waals surface area contributed by atoms with Gasteiger partial charge in [-0.15, -0.1) is 0 Å². The maximum absolute atomic E-state index is 7.61. The minimum absolute atomic E-state index is 0.648. The maximum atomic E-state index is 7.61. The summed E-state index contributed by atoms with van der Waals surface area (Å²) in [7, 11) is 0. The van der Waals surface area contributed by atoms with Crippen LogP contribution < -0.4 is 5.32 Å². The molecular formula is C17H30N2. The summed E-state index contributed by atoms with van der Waals surface area (Å²) in [4.78, 5) is 0. The van der Waals surface area contributed by atoms with E-state index in [4.69, 9.17) is 5.41 Å². The molecule has 0 saturated heterocycles. The first kappa shape index (κ1) is 14.6. The van der Waals surface area contributed by atoms with Crippen LogP contribution in [-0.2, 0) is 0 Å². The van der Waals surface area contributed by atoms with Gasteiger partial charge in [-0.2, -0.15) is 0 Å². The summed E-state index contributed by atoms with van der Waals surface area (Å²) in [5.74, 6) is 1.61. The molecule has 0 amide bonds. The van der Waals surface area contributed by atoms with Gasteiger partial charge in [-0.1, -0.05) is 45.4 Å². The number of hydrogen-bond acceptors (Lipinski definition) is 2. The van der Waals surface area contributed by atoms with Gasteiger partial charge in [-0.05, 0) is 43.1 Å². The second-order valence-electron chi connectivity index (χ2n) is 6.47. The fourth-order valence-corrected chi connectivity index (χ4v) is 3.53. The molecule has 0 aromatic heterocycles. The second kappa shape index (κ2) is 7.72. The monoisotopic (exact) mass is 262 g/mol. The van der Waals surface area contributed by atoms with Crippen LogP contribution in [-0.4, -0.2) is 12.3 Å². The lowest BCUT2D eigenvalue weighted by Gasteiger charge is -2.36. The zero-order chi connectivity index (χ0) is 13.5. The fraction of sp³-hybridized carbons (Fsp3) is 0.824. The molecule has 0 radical (unpaired) electrons. The molecule has 2 N–H and O–H groups in total. The van der Waals surface area contributed by atoms with Gasteiger partial charge in [0.25, 0.3) is 0 Å². The Bertz CT molecular complexity index is 296. The Labute approximate surface area is 118 Å². The van der Waals surface area contributed by atoms with Crippen LogP contribution in [0.5, 0.6) is 0 Å². The molecule has 2 heteroatoms. The molecule has 108 valence electrons. The van der Waals surface area contributed by atoms with Gasteiger partial charge in [0, 0.05) is 18.5 Å². The summed E-state index contributed by atoms with van der Waals surface area (Å²) in [6, 6.07) is 0.681. The van der Waals surface area contributed by atoms with Crippen LogP contribution in [0.1, 0.15) is 71.1 Å². The lowest BCUT2D eigenvalue weighted by molar-refractivity contribution is 0.221. The van der Waals surface area contributed by atoms with E-state index in [9.17, 15) is 0 Å². The molecule has 19 heavy (non-hydrogen) atoms. The molecule has 2 aliphatic carbocycles. The van der Waals surface area contributed by atoms with Gasteiger partial charge in [0.15, 0.2) is 0 Å². The van der Waals surface area contributed by atoms with Crippen LogP contribution >= 0.6 is 0 Å². The first-order valence-electron chi connectivity index (χ1n) is 8.30. The average molecular weight is 262 g/mol. The number of nitrogens with one attached hydrogen (secondary N) is 2. The zero-order valence-electron chi connectivity index (χ0n) is 12.5. The van der Waals surface area contributed by atoms with E-state index < -0.39 is 0 Å². The Hall–Kier alpha value is -0.790. The van der Waals surface area contributed by atoms with Gasteiger partial charge >= 0.3 is 0 Å². The van der Waals surface area contributed by atoms with E-state index >= 15 is 0 Å². The first-order chi connectivity index (χ1) is 9.33. The smallest absolute Gasteiger partial charge is 0.0261 e. The highest BCUT2D eigenvalue weighted by atomic mass is 14.9. The molecule has 0 aromatic carbocycles.